The zero-order valence-electron chi connectivity index (χ0n) is 21.3. The molecule has 0 bridgehead atoms. The molecule has 1 heterocycles. The number of amides is 1. The molecule has 5 nitrogen and oxygen atoms in total. The van der Waals surface area contributed by atoms with Crippen LogP contribution < -0.4 is 4.72 Å². The maximum atomic E-state index is 14.2. The molecule has 8 heteroatoms. The molecule has 1 N–H and O–H groups in total. The third-order valence-electron chi connectivity index (χ3n) is 7.33. The minimum Gasteiger partial charge on any atom is -0.326 e. The lowest BCUT2D eigenvalue weighted by Gasteiger charge is -2.47. The highest BCUT2D eigenvalue weighted by Crippen LogP contribution is 2.50. The van der Waals surface area contributed by atoms with Gasteiger partial charge in [0.25, 0.3) is 5.91 Å². The van der Waals surface area contributed by atoms with Crippen LogP contribution in [0.4, 0.5) is 0 Å². The number of sulfonamides is 1. The molecule has 1 fully saturated rings. The number of nitrogens with zero attached hydrogens (tertiary/aromatic N) is 1. The highest BCUT2D eigenvalue weighted by Gasteiger charge is 2.48. The first-order valence-corrected chi connectivity index (χ1v) is 15.2. The number of benzene rings is 2. The molecule has 1 amide bonds. The van der Waals surface area contributed by atoms with Gasteiger partial charge in [0.05, 0.1) is 11.8 Å². The average molecular weight is 562 g/mol. The molecule has 1 aliphatic carbocycles. The molecule has 2 aromatic carbocycles. The monoisotopic (exact) mass is 560 g/mol. The van der Waals surface area contributed by atoms with E-state index >= 15 is 0 Å². The molecule has 2 aromatic rings. The van der Waals surface area contributed by atoms with Crippen LogP contribution in [0.25, 0.3) is 0 Å². The van der Waals surface area contributed by atoms with E-state index in [2.05, 4.69) is 11.3 Å². The Kier molecular flexibility index (Phi) is 8.85. The SMILES string of the molecule is C=CCC1=C(C)[C@H](c2cccc(Cl)c2)[C@@H](c2ccc(Cl)cc2)N(C(CNS(=O)(=O)CCC)C2CC2)C1=O. The Morgan fingerprint density at radius 3 is 2.41 bits per heavy atom. The summed E-state index contributed by atoms with van der Waals surface area (Å²) in [5, 5.41) is 1.24. The summed E-state index contributed by atoms with van der Waals surface area (Å²) in [6, 6.07) is 14.7. The van der Waals surface area contributed by atoms with Gasteiger partial charge in [0.1, 0.15) is 0 Å². The minimum absolute atomic E-state index is 0.0603. The van der Waals surface area contributed by atoms with Gasteiger partial charge in [-0.2, -0.15) is 0 Å². The third kappa shape index (κ3) is 6.31. The van der Waals surface area contributed by atoms with Crippen LogP contribution in [0.1, 0.15) is 62.6 Å². The van der Waals surface area contributed by atoms with Crippen molar-refractivity contribution in [2.75, 3.05) is 12.3 Å². The van der Waals surface area contributed by atoms with E-state index in [4.69, 9.17) is 23.2 Å². The third-order valence-corrected chi connectivity index (χ3v) is 9.37. The Bertz CT molecular complexity index is 1290. The van der Waals surface area contributed by atoms with Crippen LogP contribution in [0.3, 0.4) is 0 Å². The van der Waals surface area contributed by atoms with Crippen molar-refractivity contribution in [3.63, 3.8) is 0 Å². The quantitative estimate of drug-likeness (QED) is 0.312. The van der Waals surface area contributed by atoms with Crippen molar-refractivity contribution in [2.24, 2.45) is 5.92 Å². The van der Waals surface area contributed by atoms with Crippen LogP contribution in [0.15, 0.2) is 72.3 Å². The van der Waals surface area contributed by atoms with Gasteiger partial charge in [0, 0.05) is 34.1 Å². The lowest BCUT2D eigenvalue weighted by atomic mass is 9.75. The topological polar surface area (TPSA) is 66.5 Å². The van der Waals surface area contributed by atoms with Gasteiger partial charge in [-0.3, -0.25) is 4.79 Å². The predicted molar refractivity (Wildman–Crippen MR) is 151 cm³/mol. The Hall–Kier alpha value is -2.12. The van der Waals surface area contributed by atoms with Crippen LogP contribution in [0.2, 0.25) is 10.0 Å². The fraction of sp³-hybridized carbons (Fsp3) is 0.414. The molecule has 0 radical (unpaired) electrons. The molecule has 1 saturated carbocycles. The van der Waals surface area contributed by atoms with Gasteiger partial charge in [-0.15, -0.1) is 6.58 Å². The number of nitrogens with one attached hydrogen (secondary N) is 1. The number of rotatable bonds is 11. The minimum atomic E-state index is -3.43. The molecular weight excluding hydrogens is 527 g/mol. The smallest absolute Gasteiger partial charge is 0.250 e. The van der Waals surface area contributed by atoms with Gasteiger partial charge >= 0.3 is 0 Å². The van der Waals surface area contributed by atoms with E-state index in [1.54, 1.807) is 6.08 Å². The first-order chi connectivity index (χ1) is 17.7. The standard InChI is InChI=1S/C29H34Cl2N2O3S/c1-4-7-25-19(3)27(22-8-6-9-24(31)17-22)28(21-12-14-23(30)15-13-21)33(29(25)34)26(20-10-11-20)18-32-37(35,36)16-5-2/h4,6,8-9,12-15,17,20,26-28,32H,1,5,7,10-11,16,18H2,2-3H3/t26?,27-,28-/m1/s1. The van der Waals surface area contributed by atoms with Gasteiger partial charge in [-0.1, -0.05) is 66.0 Å². The summed E-state index contributed by atoms with van der Waals surface area (Å²) in [5.41, 5.74) is 3.63. The summed E-state index contributed by atoms with van der Waals surface area (Å²) < 4.78 is 28.0. The van der Waals surface area contributed by atoms with Crippen molar-refractivity contribution in [2.45, 2.75) is 57.5 Å². The molecule has 3 atom stereocenters. The summed E-state index contributed by atoms with van der Waals surface area (Å²) in [7, 11) is -3.43. The molecule has 37 heavy (non-hydrogen) atoms. The van der Waals surface area contributed by atoms with Crippen LogP contribution in [0.5, 0.6) is 0 Å². The zero-order chi connectivity index (χ0) is 26.7. The molecule has 1 aliphatic heterocycles. The first-order valence-electron chi connectivity index (χ1n) is 12.8. The fourth-order valence-corrected chi connectivity index (χ4v) is 6.89. The lowest BCUT2D eigenvalue weighted by molar-refractivity contribution is -0.134. The van der Waals surface area contributed by atoms with Gasteiger partial charge < -0.3 is 4.90 Å². The molecule has 1 unspecified atom stereocenters. The molecule has 2 aliphatic rings. The van der Waals surface area contributed by atoms with Crippen molar-refractivity contribution in [3.05, 3.63) is 93.5 Å². The number of carbonyl (C=O) groups excluding carboxylic acids is 1. The van der Waals surface area contributed by atoms with Crippen LogP contribution in [-0.4, -0.2) is 37.6 Å². The van der Waals surface area contributed by atoms with Crippen molar-refractivity contribution in [1.29, 1.82) is 0 Å². The predicted octanol–water partition coefficient (Wildman–Crippen LogP) is 6.66. The van der Waals surface area contributed by atoms with E-state index in [9.17, 15) is 13.2 Å². The van der Waals surface area contributed by atoms with E-state index < -0.39 is 10.0 Å². The largest absolute Gasteiger partial charge is 0.326 e. The molecule has 0 aromatic heterocycles. The maximum Gasteiger partial charge on any atom is 0.250 e. The van der Waals surface area contributed by atoms with Crippen molar-refractivity contribution in [1.82, 2.24) is 9.62 Å². The Morgan fingerprint density at radius 1 is 1.11 bits per heavy atom. The number of hydrogen-bond acceptors (Lipinski definition) is 3. The zero-order valence-corrected chi connectivity index (χ0v) is 23.6. The van der Waals surface area contributed by atoms with Crippen LogP contribution >= 0.6 is 23.2 Å². The van der Waals surface area contributed by atoms with Crippen molar-refractivity contribution >= 4 is 39.1 Å². The van der Waals surface area contributed by atoms with E-state index in [1.807, 2.05) is 67.3 Å². The second-order valence-electron chi connectivity index (χ2n) is 9.97. The summed E-state index contributed by atoms with van der Waals surface area (Å²) in [4.78, 5) is 16.2. The van der Waals surface area contributed by atoms with Gasteiger partial charge in [-0.05, 0) is 73.9 Å². The second kappa shape index (κ2) is 11.7. The highest BCUT2D eigenvalue weighted by atomic mass is 35.5. The van der Waals surface area contributed by atoms with Gasteiger partial charge in [-0.25, -0.2) is 13.1 Å². The summed E-state index contributed by atoms with van der Waals surface area (Å²) in [6.07, 6.45) is 4.63. The fourth-order valence-electron chi connectivity index (χ4n) is 5.46. The molecular formula is C29H34Cl2N2O3S. The van der Waals surface area contributed by atoms with Gasteiger partial charge in [0.2, 0.25) is 10.0 Å². The summed E-state index contributed by atoms with van der Waals surface area (Å²) >= 11 is 12.7. The molecule has 0 spiro atoms. The van der Waals surface area contributed by atoms with Crippen molar-refractivity contribution < 1.29 is 13.2 Å². The first kappa shape index (κ1) is 27.9. The molecule has 4 rings (SSSR count). The normalized spacial score (nSPS) is 21.3. The summed E-state index contributed by atoms with van der Waals surface area (Å²) in [5.74, 6) is 0.0554. The number of allylic oxidation sites excluding steroid dienone is 1. The number of hydrogen-bond donors (Lipinski definition) is 1. The van der Waals surface area contributed by atoms with E-state index in [1.165, 1.54) is 0 Å². The van der Waals surface area contributed by atoms with E-state index in [0.29, 0.717) is 28.5 Å². The van der Waals surface area contributed by atoms with E-state index in [0.717, 1.165) is 29.5 Å². The number of carbonyl (C=O) groups is 1. The van der Waals surface area contributed by atoms with E-state index in [-0.39, 0.29) is 42.1 Å². The number of halogens is 2. The molecule has 0 saturated heterocycles. The Labute approximate surface area is 230 Å². The maximum absolute atomic E-state index is 14.2. The Morgan fingerprint density at radius 2 is 1.81 bits per heavy atom. The summed E-state index contributed by atoms with van der Waals surface area (Å²) in [6.45, 7) is 7.94. The van der Waals surface area contributed by atoms with Crippen molar-refractivity contribution in [3.8, 4) is 0 Å². The van der Waals surface area contributed by atoms with Crippen LogP contribution in [-0.2, 0) is 14.8 Å². The van der Waals surface area contributed by atoms with Crippen LogP contribution in [0, 0.1) is 5.92 Å². The Balaban J connectivity index is 1.89. The van der Waals surface area contributed by atoms with Gasteiger partial charge in [0.15, 0.2) is 0 Å². The lowest BCUT2D eigenvalue weighted by Crippen LogP contribution is -2.53. The highest BCUT2D eigenvalue weighted by molar-refractivity contribution is 7.89. The molecule has 198 valence electrons. The second-order valence-corrected chi connectivity index (χ2v) is 12.8. The average Bonchev–Trinajstić information content (AvgIpc) is 3.69.